The highest BCUT2D eigenvalue weighted by Gasteiger charge is 2.46. The van der Waals surface area contributed by atoms with E-state index in [4.69, 9.17) is 9.84 Å². The Morgan fingerprint density at radius 3 is 2.61 bits per heavy atom. The van der Waals surface area contributed by atoms with Crippen LogP contribution in [0.3, 0.4) is 0 Å². The zero-order valence-electron chi connectivity index (χ0n) is 18.8. The number of fused-ring (bicyclic) bond motifs is 2. The molecule has 31 heavy (non-hydrogen) atoms. The van der Waals surface area contributed by atoms with E-state index >= 15 is 0 Å². The van der Waals surface area contributed by atoms with E-state index in [0.717, 1.165) is 75.4 Å². The molecule has 0 spiro atoms. The third-order valence-electron chi connectivity index (χ3n) is 7.08. The number of hydrogen-bond donors (Lipinski definition) is 1. The number of aryl methyl sites for hydroxylation is 1. The molecule has 0 radical (unpaired) electrons. The van der Waals surface area contributed by atoms with Gasteiger partial charge in [-0.2, -0.15) is 0 Å². The number of allylic oxidation sites excluding steroid dienone is 2. The molecule has 1 N–H and O–H groups in total. The van der Waals surface area contributed by atoms with Gasteiger partial charge in [0, 0.05) is 25.9 Å². The molecule has 0 aliphatic heterocycles. The van der Waals surface area contributed by atoms with Gasteiger partial charge in [0.25, 0.3) is 0 Å². The molecule has 0 amide bonds. The van der Waals surface area contributed by atoms with Crippen LogP contribution in [0.15, 0.2) is 42.5 Å². The van der Waals surface area contributed by atoms with Crippen molar-refractivity contribution in [2.75, 3.05) is 13.2 Å². The zero-order valence-corrected chi connectivity index (χ0v) is 18.8. The van der Waals surface area contributed by atoms with Crippen LogP contribution in [0.2, 0.25) is 0 Å². The van der Waals surface area contributed by atoms with Crippen molar-refractivity contribution in [1.82, 2.24) is 0 Å². The van der Waals surface area contributed by atoms with Gasteiger partial charge in [-0.1, -0.05) is 42.5 Å². The maximum Gasteiger partial charge on any atom is 0.303 e. The number of carboxylic acids is 1. The maximum atomic E-state index is 10.6. The van der Waals surface area contributed by atoms with E-state index < -0.39 is 5.97 Å². The molecule has 0 aromatic heterocycles. The van der Waals surface area contributed by atoms with Crippen molar-refractivity contribution in [3.05, 3.63) is 48.0 Å². The van der Waals surface area contributed by atoms with Gasteiger partial charge in [0.2, 0.25) is 0 Å². The highest BCUT2D eigenvalue weighted by molar-refractivity contribution is 5.66. The summed E-state index contributed by atoms with van der Waals surface area (Å²) < 4.78 is 5.92. The first-order valence-electron chi connectivity index (χ1n) is 12.2. The van der Waals surface area contributed by atoms with Crippen LogP contribution in [0.25, 0.3) is 0 Å². The van der Waals surface area contributed by atoms with Crippen molar-refractivity contribution in [1.29, 1.82) is 0 Å². The van der Waals surface area contributed by atoms with E-state index in [1.807, 2.05) is 6.07 Å². The number of aliphatic carboxylic acids is 1. The van der Waals surface area contributed by atoms with E-state index in [0.29, 0.717) is 0 Å². The van der Waals surface area contributed by atoms with E-state index in [1.165, 1.54) is 31.2 Å². The van der Waals surface area contributed by atoms with Crippen LogP contribution in [0.5, 0.6) is 0 Å². The van der Waals surface area contributed by atoms with Crippen LogP contribution >= 0.6 is 0 Å². The predicted molar refractivity (Wildman–Crippen MR) is 126 cm³/mol. The van der Waals surface area contributed by atoms with Gasteiger partial charge in [-0.05, 0) is 80.6 Å². The topological polar surface area (TPSA) is 46.5 Å². The van der Waals surface area contributed by atoms with Gasteiger partial charge in [0.05, 0.1) is 6.61 Å². The first kappa shape index (κ1) is 23.6. The first-order chi connectivity index (χ1) is 15.2. The van der Waals surface area contributed by atoms with E-state index in [2.05, 4.69) is 48.3 Å². The molecule has 3 nitrogen and oxygen atoms in total. The van der Waals surface area contributed by atoms with Gasteiger partial charge in [-0.25, -0.2) is 0 Å². The predicted octanol–water partition coefficient (Wildman–Crippen LogP) is 6.28. The van der Waals surface area contributed by atoms with Crippen molar-refractivity contribution in [3.8, 4) is 11.8 Å². The fourth-order valence-electron chi connectivity index (χ4n) is 5.56. The quantitative estimate of drug-likeness (QED) is 0.231. The number of benzene rings is 1. The molecule has 0 unspecified atom stereocenters. The smallest absolute Gasteiger partial charge is 0.303 e. The minimum Gasteiger partial charge on any atom is -0.481 e. The van der Waals surface area contributed by atoms with Gasteiger partial charge >= 0.3 is 5.97 Å². The fourth-order valence-corrected chi connectivity index (χ4v) is 5.56. The van der Waals surface area contributed by atoms with Gasteiger partial charge in [-0.15, -0.1) is 11.8 Å². The normalized spacial score (nSPS) is 24.4. The summed E-state index contributed by atoms with van der Waals surface area (Å²) in [6, 6.07) is 10.5. The lowest BCUT2D eigenvalue weighted by Gasteiger charge is -2.30. The molecular weight excluding hydrogens is 384 g/mol. The lowest BCUT2D eigenvalue weighted by Crippen LogP contribution is -2.23. The SMILES string of the molecule is O=C(O)CCC/C=C\C[C@H]1[C@H]2CC[C@H](C2)[C@H]1CCOCCC#CCCc1ccccc1. The van der Waals surface area contributed by atoms with E-state index in [-0.39, 0.29) is 6.42 Å². The number of carboxylic acid groups (broad SMARTS) is 1. The van der Waals surface area contributed by atoms with E-state index in [1.54, 1.807) is 0 Å². The minimum absolute atomic E-state index is 0.274. The van der Waals surface area contributed by atoms with E-state index in [9.17, 15) is 4.79 Å². The van der Waals surface area contributed by atoms with Crippen LogP contribution in [0, 0.1) is 35.5 Å². The first-order valence-corrected chi connectivity index (χ1v) is 12.2. The van der Waals surface area contributed by atoms with Crippen molar-refractivity contribution in [2.45, 2.75) is 70.6 Å². The number of rotatable bonds is 13. The molecule has 0 saturated heterocycles. The molecule has 1 aromatic rings. The monoisotopic (exact) mass is 422 g/mol. The Hall–Kier alpha value is -2.05. The summed E-state index contributed by atoms with van der Waals surface area (Å²) in [5, 5.41) is 8.72. The fraction of sp³-hybridized carbons (Fsp3) is 0.607. The Bertz CT molecular complexity index is 743. The summed E-state index contributed by atoms with van der Waals surface area (Å²) in [6.07, 6.45) is 15.7. The average Bonchev–Trinajstić information content (AvgIpc) is 3.37. The van der Waals surface area contributed by atoms with Gasteiger partial charge in [0.15, 0.2) is 0 Å². The van der Waals surface area contributed by atoms with Crippen molar-refractivity contribution in [3.63, 3.8) is 0 Å². The second kappa shape index (κ2) is 13.4. The number of unbranched alkanes of at least 4 members (excludes halogenated alkanes) is 1. The third-order valence-corrected chi connectivity index (χ3v) is 7.08. The van der Waals surface area contributed by atoms with Crippen molar-refractivity contribution < 1.29 is 14.6 Å². The second-order valence-corrected chi connectivity index (χ2v) is 9.14. The lowest BCUT2D eigenvalue weighted by molar-refractivity contribution is -0.137. The Labute approximate surface area is 188 Å². The Balaban J connectivity index is 1.27. The molecule has 2 fully saturated rings. The third kappa shape index (κ3) is 8.19. The highest BCUT2D eigenvalue weighted by Crippen LogP contribution is 2.54. The molecule has 2 bridgehead atoms. The largest absolute Gasteiger partial charge is 0.481 e. The maximum absolute atomic E-state index is 10.6. The van der Waals surface area contributed by atoms with Gasteiger partial charge in [0.1, 0.15) is 0 Å². The van der Waals surface area contributed by atoms with Gasteiger partial charge < -0.3 is 9.84 Å². The molecule has 4 atom stereocenters. The molecule has 2 saturated carbocycles. The van der Waals surface area contributed by atoms with Crippen LogP contribution < -0.4 is 0 Å². The minimum atomic E-state index is -0.695. The van der Waals surface area contributed by atoms with Crippen LogP contribution in [-0.2, 0) is 16.0 Å². The molecule has 0 heterocycles. The molecular formula is C28H38O3. The summed E-state index contributed by atoms with van der Waals surface area (Å²) in [4.78, 5) is 10.6. The summed E-state index contributed by atoms with van der Waals surface area (Å²) in [5.41, 5.74) is 1.35. The average molecular weight is 423 g/mol. The van der Waals surface area contributed by atoms with Crippen molar-refractivity contribution >= 4 is 5.97 Å². The summed E-state index contributed by atoms with van der Waals surface area (Å²) >= 11 is 0. The molecule has 3 heteroatoms. The molecule has 1 aromatic carbocycles. The summed E-state index contributed by atoms with van der Waals surface area (Å²) in [7, 11) is 0. The van der Waals surface area contributed by atoms with Crippen molar-refractivity contribution in [2.24, 2.45) is 23.7 Å². The molecule has 3 rings (SSSR count). The Kier molecular flexibility index (Phi) is 10.2. The Morgan fingerprint density at radius 2 is 1.81 bits per heavy atom. The van der Waals surface area contributed by atoms with Crippen LogP contribution in [0.4, 0.5) is 0 Å². The summed E-state index contributed by atoms with van der Waals surface area (Å²) in [6.45, 7) is 1.60. The lowest BCUT2D eigenvalue weighted by atomic mass is 9.76. The standard InChI is InChI=1S/C28H38O3/c29-28(30)16-10-2-1-9-15-26-24-17-18-25(22-24)27(26)19-21-31-20-11-4-3-6-12-23-13-7-5-8-14-23/h1,5,7-9,13-14,24-27H,2,6,10-12,15-22H2,(H,29,30)/b9-1-/t24-,25+,26-,27+/m0/s1. The number of carbonyl (C=O) groups is 1. The van der Waals surface area contributed by atoms with Gasteiger partial charge in [-0.3, -0.25) is 4.79 Å². The number of ether oxygens (including phenoxy) is 1. The molecule has 2 aliphatic rings. The zero-order chi connectivity index (χ0) is 21.7. The molecule has 2 aliphatic carbocycles. The molecule has 168 valence electrons. The van der Waals surface area contributed by atoms with Crippen LogP contribution in [0.1, 0.15) is 69.8 Å². The Morgan fingerprint density at radius 1 is 1.03 bits per heavy atom. The summed E-state index contributed by atoms with van der Waals surface area (Å²) in [5.74, 6) is 9.23. The van der Waals surface area contributed by atoms with Crippen LogP contribution in [-0.4, -0.2) is 24.3 Å². The highest BCUT2D eigenvalue weighted by atomic mass is 16.5. The number of hydrogen-bond acceptors (Lipinski definition) is 2. The second-order valence-electron chi connectivity index (χ2n) is 9.14.